The minimum absolute atomic E-state index is 0.0514. The summed E-state index contributed by atoms with van der Waals surface area (Å²) in [5, 5.41) is 3.10. The van der Waals surface area contributed by atoms with Crippen LogP contribution in [0.15, 0.2) is 103 Å². The number of ether oxygens (including phenoxy) is 1. The van der Waals surface area contributed by atoms with Gasteiger partial charge in [0.2, 0.25) is 5.91 Å². The molecule has 0 bridgehead atoms. The third-order valence-electron chi connectivity index (χ3n) is 8.16. The summed E-state index contributed by atoms with van der Waals surface area (Å²) < 4.78 is 8.36. The molecule has 1 atom stereocenters. The van der Waals surface area contributed by atoms with Crippen molar-refractivity contribution in [3.05, 3.63) is 120 Å². The molecule has 4 aromatic carbocycles. The fourth-order valence-electron chi connectivity index (χ4n) is 5.42. The Balaban J connectivity index is 1.07. The first-order valence-electron chi connectivity index (χ1n) is 15.7. The normalized spacial score (nSPS) is 11.9. The molecular weight excluding hydrogens is 530 g/mol. The first-order chi connectivity index (χ1) is 21.1. The lowest BCUT2D eigenvalue weighted by Crippen LogP contribution is -2.26. The number of hydrogen-bond acceptors (Lipinski definition) is 3. The molecule has 1 amide bonds. The van der Waals surface area contributed by atoms with Crippen LogP contribution in [0, 0.1) is 0 Å². The van der Waals surface area contributed by atoms with E-state index in [4.69, 9.17) is 9.72 Å². The summed E-state index contributed by atoms with van der Waals surface area (Å²) in [5.74, 6) is 2.64. The zero-order valence-corrected chi connectivity index (χ0v) is 25.5. The number of amides is 1. The molecule has 5 aromatic rings. The van der Waals surface area contributed by atoms with Crippen LogP contribution in [-0.4, -0.2) is 28.6 Å². The standard InChI is InChI=1S/C38H43N3O2/c1-3-29(2)31-21-23-34(24-22-31)43-27-10-9-26-41-36-15-8-7-14-35(36)40-37(41)16-11-25-39-38(42)28-30-17-19-33(20-18-30)32-12-5-4-6-13-32/h4-8,12-15,17-24,29H,3,9-11,16,25-28H2,1-2H3,(H,39,42). The van der Waals surface area contributed by atoms with Crippen LogP contribution in [-0.2, 0) is 24.2 Å². The van der Waals surface area contributed by atoms with E-state index < -0.39 is 0 Å². The molecular formula is C38H43N3O2. The van der Waals surface area contributed by atoms with Crippen LogP contribution in [0.25, 0.3) is 22.2 Å². The quantitative estimate of drug-likeness (QED) is 0.128. The van der Waals surface area contributed by atoms with Gasteiger partial charge in [0.05, 0.1) is 24.1 Å². The number of hydrogen-bond donors (Lipinski definition) is 1. The number of para-hydroxylation sites is 2. The van der Waals surface area contributed by atoms with Gasteiger partial charge >= 0.3 is 0 Å². The van der Waals surface area contributed by atoms with Crippen LogP contribution >= 0.6 is 0 Å². The van der Waals surface area contributed by atoms with Crippen LogP contribution < -0.4 is 10.1 Å². The van der Waals surface area contributed by atoms with Gasteiger partial charge in [0.15, 0.2) is 0 Å². The molecule has 0 aliphatic rings. The molecule has 5 heteroatoms. The number of imidazole rings is 1. The first-order valence-corrected chi connectivity index (χ1v) is 15.7. The molecule has 0 aliphatic carbocycles. The van der Waals surface area contributed by atoms with E-state index in [1.165, 1.54) is 16.6 Å². The monoisotopic (exact) mass is 573 g/mol. The number of carbonyl (C=O) groups excluding carboxylic acids is 1. The number of carbonyl (C=O) groups is 1. The van der Waals surface area contributed by atoms with Gasteiger partial charge in [-0.15, -0.1) is 0 Å². The lowest BCUT2D eigenvalue weighted by molar-refractivity contribution is -0.120. The molecule has 0 spiro atoms. The minimum atomic E-state index is 0.0514. The average Bonchev–Trinajstić information content (AvgIpc) is 3.40. The van der Waals surface area contributed by atoms with E-state index in [1.54, 1.807) is 0 Å². The molecule has 0 radical (unpaired) electrons. The fourth-order valence-corrected chi connectivity index (χ4v) is 5.42. The predicted octanol–water partition coefficient (Wildman–Crippen LogP) is 8.37. The van der Waals surface area contributed by atoms with Crippen molar-refractivity contribution < 1.29 is 9.53 Å². The van der Waals surface area contributed by atoms with Crippen molar-refractivity contribution in [3.63, 3.8) is 0 Å². The Bertz CT molecular complexity index is 1570. The van der Waals surface area contributed by atoms with Gasteiger partial charge in [-0.3, -0.25) is 4.79 Å². The van der Waals surface area contributed by atoms with E-state index in [2.05, 4.69) is 90.5 Å². The highest BCUT2D eigenvalue weighted by atomic mass is 16.5. The van der Waals surface area contributed by atoms with Gasteiger partial charge in [-0.1, -0.05) is 92.7 Å². The molecule has 1 N–H and O–H groups in total. The Morgan fingerprint density at radius 2 is 1.56 bits per heavy atom. The molecule has 0 aliphatic heterocycles. The van der Waals surface area contributed by atoms with E-state index in [0.29, 0.717) is 25.5 Å². The van der Waals surface area contributed by atoms with Crippen molar-refractivity contribution in [1.82, 2.24) is 14.9 Å². The van der Waals surface area contributed by atoms with Crippen molar-refractivity contribution in [3.8, 4) is 16.9 Å². The number of unbranched alkanes of at least 4 members (excludes halogenated alkanes) is 1. The zero-order chi connectivity index (χ0) is 29.9. The molecule has 1 heterocycles. The average molecular weight is 574 g/mol. The molecule has 1 unspecified atom stereocenters. The maximum absolute atomic E-state index is 12.6. The molecule has 5 rings (SSSR count). The maximum Gasteiger partial charge on any atom is 0.224 e. The highest BCUT2D eigenvalue weighted by Crippen LogP contribution is 2.23. The van der Waals surface area contributed by atoms with Gasteiger partial charge in [-0.25, -0.2) is 4.98 Å². The summed E-state index contributed by atoms with van der Waals surface area (Å²) in [6.45, 7) is 6.71. The lowest BCUT2D eigenvalue weighted by Gasteiger charge is -2.12. The van der Waals surface area contributed by atoms with Crippen molar-refractivity contribution in [2.45, 2.75) is 64.8 Å². The third-order valence-corrected chi connectivity index (χ3v) is 8.16. The van der Waals surface area contributed by atoms with Gasteiger partial charge in [-0.05, 0) is 78.1 Å². The summed E-state index contributed by atoms with van der Waals surface area (Å²) in [7, 11) is 0. The van der Waals surface area contributed by atoms with Gasteiger partial charge in [-0.2, -0.15) is 0 Å². The SMILES string of the molecule is CCC(C)c1ccc(OCCCCn2c(CCCNC(=O)Cc3ccc(-c4ccccc4)cc3)nc3ccccc32)cc1. The van der Waals surface area contributed by atoms with Crippen LogP contribution in [0.2, 0.25) is 0 Å². The van der Waals surface area contributed by atoms with Gasteiger partial charge < -0.3 is 14.6 Å². The van der Waals surface area contributed by atoms with Crippen molar-refractivity contribution in [2.24, 2.45) is 0 Å². The second kappa shape index (κ2) is 15.2. The largest absolute Gasteiger partial charge is 0.494 e. The summed E-state index contributed by atoms with van der Waals surface area (Å²) in [6, 6.07) is 35.4. The highest BCUT2D eigenvalue weighted by molar-refractivity contribution is 5.79. The zero-order valence-electron chi connectivity index (χ0n) is 25.5. The van der Waals surface area contributed by atoms with Gasteiger partial charge in [0, 0.05) is 19.5 Å². The summed E-state index contributed by atoms with van der Waals surface area (Å²) >= 11 is 0. The molecule has 0 fully saturated rings. The lowest BCUT2D eigenvalue weighted by atomic mass is 9.99. The predicted molar refractivity (Wildman–Crippen MR) is 177 cm³/mol. The fraction of sp³-hybridized carbons (Fsp3) is 0.316. The molecule has 43 heavy (non-hydrogen) atoms. The van der Waals surface area contributed by atoms with Crippen molar-refractivity contribution in [2.75, 3.05) is 13.2 Å². The number of fused-ring (bicyclic) bond motifs is 1. The van der Waals surface area contributed by atoms with Crippen LogP contribution in [0.3, 0.4) is 0 Å². The summed E-state index contributed by atoms with van der Waals surface area (Å²) in [6.07, 6.45) is 5.18. The van der Waals surface area contributed by atoms with Gasteiger partial charge in [0.1, 0.15) is 11.6 Å². The topological polar surface area (TPSA) is 56.1 Å². The molecule has 0 saturated heterocycles. The summed E-state index contributed by atoms with van der Waals surface area (Å²) in [5.41, 5.74) is 6.92. The molecule has 1 aromatic heterocycles. The number of aromatic nitrogens is 2. The first kappa shape index (κ1) is 30.1. The number of nitrogens with zero attached hydrogens (tertiary/aromatic N) is 2. The van der Waals surface area contributed by atoms with E-state index >= 15 is 0 Å². The van der Waals surface area contributed by atoms with E-state index in [1.807, 2.05) is 36.4 Å². The number of nitrogens with one attached hydrogen (secondary N) is 1. The minimum Gasteiger partial charge on any atom is -0.494 e. The Morgan fingerprint density at radius 1 is 0.837 bits per heavy atom. The van der Waals surface area contributed by atoms with Crippen LogP contribution in [0.5, 0.6) is 5.75 Å². The second-order valence-electron chi connectivity index (χ2n) is 11.3. The highest BCUT2D eigenvalue weighted by Gasteiger charge is 2.11. The Labute approximate surface area is 255 Å². The maximum atomic E-state index is 12.6. The molecule has 0 saturated carbocycles. The van der Waals surface area contributed by atoms with Crippen LogP contribution in [0.4, 0.5) is 0 Å². The smallest absolute Gasteiger partial charge is 0.224 e. The second-order valence-corrected chi connectivity index (χ2v) is 11.3. The van der Waals surface area contributed by atoms with Gasteiger partial charge in [0.25, 0.3) is 0 Å². The van der Waals surface area contributed by atoms with E-state index in [9.17, 15) is 4.79 Å². The van der Waals surface area contributed by atoms with E-state index in [-0.39, 0.29) is 5.91 Å². The number of benzene rings is 4. The Hall–Kier alpha value is -4.38. The number of aryl methyl sites for hydroxylation is 2. The summed E-state index contributed by atoms with van der Waals surface area (Å²) in [4.78, 5) is 17.5. The molecule has 5 nitrogen and oxygen atoms in total. The number of rotatable bonds is 15. The third kappa shape index (κ3) is 8.35. The van der Waals surface area contributed by atoms with Crippen molar-refractivity contribution in [1.29, 1.82) is 0 Å². The van der Waals surface area contributed by atoms with E-state index in [0.717, 1.165) is 66.9 Å². The Kier molecular flexibility index (Phi) is 10.6. The Morgan fingerprint density at radius 3 is 2.33 bits per heavy atom. The van der Waals surface area contributed by atoms with Crippen LogP contribution in [0.1, 0.15) is 62.4 Å². The van der Waals surface area contributed by atoms with Crippen molar-refractivity contribution >= 4 is 16.9 Å². The molecule has 222 valence electrons.